The highest BCUT2D eigenvalue weighted by atomic mass is 35.5. The van der Waals surface area contributed by atoms with Gasteiger partial charge in [-0.05, 0) is 42.8 Å². The van der Waals surface area contributed by atoms with Crippen molar-refractivity contribution in [2.45, 2.75) is 18.9 Å². The molecule has 0 aromatic heterocycles. The Hall–Kier alpha value is -2.31. The first kappa shape index (κ1) is 18.5. The smallest absolute Gasteiger partial charge is 0.255 e. The summed E-state index contributed by atoms with van der Waals surface area (Å²) in [6.45, 7) is 0.508. The van der Waals surface area contributed by atoms with Crippen LogP contribution < -0.4 is 15.4 Å². The number of hydrogen-bond donors (Lipinski definition) is 2. The van der Waals surface area contributed by atoms with Gasteiger partial charge in [-0.25, -0.2) is 4.39 Å². The van der Waals surface area contributed by atoms with Gasteiger partial charge in [-0.1, -0.05) is 23.2 Å². The summed E-state index contributed by atoms with van der Waals surface area (Å²) in [5.74, 6) is -0.586. The van der Waals surface area contributed by atoms with E-state index in [-0.39, 0.29) is 40.5 Å². The van der Waals surface area contributed by atoms with Crippen molar-refractivity contribution in [1.82, 2.24) is 10.6 Å². The van der Waals surface area contributed by atoms with Crippen molar-refractivity contribution >= 4 is 35.0 Å². The lowest BCUT2D eigenvalue weighted by molar-refractivity contribution is -0.122. The first-order valence-corrected chi connectivity index (χ1v) is 8.68. The predicted molar refractivity (Wildman–Crippen MR) is 96.4 cm³/mol. The van der Waals surface area contributed by atoms with Crippen molar-refractivity contribution in [3.05, 3.63) is 57.8 Å². The Labute approximate surface area is 159 Å². The Bertz CT molecular complexity index is 860. The molecule has 1 aliphatic heterocycles. The van der Waals surface area contributed by atoms with Crippen molar-refractivity contribution in [3.63, 3.8) is 0 Å². The minimum absolute atomic E-state index is 0.0789. The summed E-state index contributed by atoms with van der Waals surface area (Å²) in [6, 6.07) is 8.00. The van der Waals surface area contributed by atoms with E-state index in [1.807, 2.05) is 0 Å². The second-order valence-electron chi connectivity index (χ2n) is 5.83. The number of rotatable bonds is 4. The quantitative estimate of drug-likeness (QED) is 0.822. The highest BCUT2D eigenvalue weighted by Gasteiger charge is 2.23. The van der Waals surface area contributed by atoms with Crippen LogP contribution >= 0.6 is 23.2 Å². The topological polar surface area (TPSA) is 67.4 Å². The molecule has 3 rings (SSSR count). The molecule has 8 heteroatoms. The summed E-state index contributed by atoms with van der Waals surface area (Å²) in [7, 11) is 0. The molecule has 136 valence electrons. The fraction of sp³-hybridized carbons (Fsp3) is 0.222. The Balaban J connectivity index is 1.83. The lowest BCUT2D eigenvalue weighted by Crippen LogP contribution is -2.45. The zero-order chi connectivity index (χ0) is 18.7. The van der Waals surface area contributed by atoms with Gasteiger partial charge in [0.1, 0.15) is 17.3 Å². The van der Waals surface area contributed by atoms with Crippen LogP contribution in [-0.4, -0.2) is 24.4 Å². The number of hydrogen-bond acceptors (Lipinski definition) is 3. The van der Waals surface area contributed by atoms with E-state index in [1.165, 1.54) is 24.3 Å². The van der Waals surface area contributed by atoms with Crippen LogP contribution in [0.2, 0.25) is 10.0 Å². The highest BCUT2D eigenvalue weighted by Crippen LogP contribution is 2.33. The van der Waals surface area contributed by atoms with E-state index in [2.05, 4.69) is 10.6 Å². The van der Waals surface area contributed by atoms with Crippen molar-refractivity contribution in [2.75, 3.05) is 6.54 Å². The first-order chi connectivity index (χ1) is 12.4. The predicted octanol–water partition coefficient (Wildman–Crippen LogP) is 3.93. The molecule has 1 aliphatic rings. The molecule has 0 aliphatic carbocycles. The van der Waals surface area contributed by atoms with Gasteiger partial charge in [-0.3, -0.25) is 9.59 Å². The molecule has 2 amide bonds. The first-order valence-electron chi connectivity index (χ1n) is 7.92. The van der Waals surface area contributed by atoms with E-state index in [9.17, 15) is 14.0 Å². The van der Waals surface area contributed by atoms with Gasteiger partial charge in [0.15, 0.2) is 0 Å². The van der Waals surface area contributed by atoms with Gasteiger partial charge < -0.3 is 15.4 Å². The molecular formula is C18H15Cl2FN2O3. The molecule has 26 heavy (non-hydrogen) atoms. The number of carbonyl (C=O) groups excluding carboxylic acids is 2. The third kappa shape index (κ3) is 4.45. The van der Waals surface area contributed by atoms with E-state index < -0.39 is 11.7 Å². The van der Waals surface area contributed by atoms with Crippen LogP contribution in [0.15, 0.2) is 36.4 Å². The number of halogens is 3. The molecular weight excluding hydrogens is 382 g/mol. The van der Waals surface area contributed by atoms with Crippen LogP contribution in [0.1, 0.15) is 23.2 Å². The zero-order valence-electron chi connectivity index (χ0n) is 13.5. The molecule has 1 unspecified atom stereocenters. The third-order valence-corrected chi connectivity index (χ3v) is 4.41. The van der Waals surface area contributed by atoms with Crippen molar-refractivity contribution < 1.29 is 18.7 Å². The maximum atomic E-state index is 13.2. The lowest BCUT2D eigenvalue weighted by atomic mass is 10.1. The minimum Gasteiger partial charge on any atom is -0.455 e. The maximum Gasteiger partial charge on any atom is 0.255 e. The molecule has 5 nitrogen and oxygen atoms in total. The van der Waals surface area contributed by atoms with Gasteiger partial charge in [0.05, 0.1) is 10.6 Å². The molecule has 0 spiro atoms. The molecule has 2 N–H and O–H groups in total. The van der Waals surface area contributed by atoms with E-state index in [1.54, 1.807) is 6.07 Å². The monoisotopic (exact) mass is 396 g/mol. The van der Waals surface area contributed by atoms with Crippen molar-refractivity contribution in [3.8, 4) is 11.5 Å². The van der Waals surface area contributed by atoms with Gasteiger partial charge in [-0.15, -0.1) is 0 Å². The summed E-state index contributed by atoms with van der Waals surface area (Å²) >= 11 is 12.0. The molecule has 1 atom stereocenters. The molecule has 1 fully saturated rings. The van der Waals surface area contributed by atoms with Gasteiger partial charge in [0.25, 0.3) is 5.91 Å². The molecule has 1 saturated heterocycles. The Morgan fingerprint density at radius 3 is 2.69 bits per heavy atom. The fourth-order valence-corrected chi connectivity index (χ4v) is 2.99. The van der Waals surface area contributed by atoms with Crippen LogP contribution in [0.25, 0.3) is 0 Å². The normalized spacial score (nSPS) is 16.7. The Morgan fingerprint density at radius 1 is 1.19 bits per heavy atom. The summed E-state index contributed by atoms with van der Waals surface area (Å²) < 4.78 is 18.9. The number of benzene rings is 2. The molecule has 0 bridgehead atoms. The third-order valence-electron chi connectivity index (χ3n) is 3.88. The number of amides is 2. The van der Waals surface area contributed by atoms with E-state index in [0.29, 0.717) is 18.0 Å². The van der Waals surface area contributed by atoms with Gasteiger partial charge in [-0.2, -0.15) is 0 Å². The van der Waals surface area contributed by atoms with Gasteiger partial charge in [0, 0.05) is 24.0 Å². The SMILES string of the molecule is O=C1CC(NC(=O)c2cc(Cl)ccc2Oc2ccc(F)cc2Cl)CCN1. The molecule has 0 radical (unpaired) electrons. The van der Waals surface area contributed by atoms with Crippen molar-refractivity contribution in [2.24, 2.45) is 0 Å². The molecule has 1 heterocycles. The van der Waals surface area contributed by atoms with Crippen LogP contribution in [0.3, 0.4) is 0 Å². The van der Waals surface area contributed by atoms with E-state index >= 15 is 0 Å². The summed E-state index contributed by atoms with van der Waals surface area (Å²) in [4.78, 5) is 24.1. The second kappa shape index (κ2) is 7.93. The van der Waals surface area contributed by atoms with Crippen LogP contribution in [0.5, 0.6) is 11.5 Å². The zero-order valence-corrected chi connectivity index (χ0v) is 15.0. The van der Waals surface area contributed by atoms with Crippen LogP contribution in [0.4, 0.5) is 4.39 Å². The minimum atomic E-state index is -0.494. The van der Waals surface area contributed by atoms with Crippen molar-refractivity contribution in [1.29, 1.82) is 0 Å². The maximum absolute atomic E-state index is 13.2. The largest absolute Gasteiger partial charge is 0.455 e. The number of ether oxygens (including phenoxy) is 1. The molecule has 2 aromatic rings. The number of nitrogens with one attached hydrogen (secondary N) is 2. The standard InChI is InChI=1S/C18H15Cl2FN2O3/c19-10-1-3-15(26-16-4-2-11(21)8-14(16)20)13(7-10)18(25)23-12-5-6-22-17(24)9-12/h1-4,7-8,12H,5-6,9H2,(H,22,24)(H,23,25). The average molecular weight is 397 g/mol. The van der Waals surface area contributed by atoms with E-state index in [4.69, 9.17) is 27.9 Å². The average Bonchev–Trinajstić information content (AvgIpc) is 2.58. The number of piperidine rings is 1. The van der Waals surface area contributed by atoms with E-state index in [0.717, 1.165) is 6.07 Å². The summed E-state index contributed by atoms with van der Waals surface area (Å²) in [6.07, 6.45) is 0.852. The lowest BCUT2D eigenvalue weighted by Gasteiger charge is -2.23. The summed E-state index contributed by atoms with van der Waals surface area (Å²) in [5, 5.41) is 5.95. The summed E-state index contributed by atoms with van der Waals surface area (Å²) in [5.41, 5.74) is 0.198. The molecule has 0 saturated carbocycles. The van der Waals surface area contributed by atoms with Gasteiger partial charge in [0.2, 0.25) is 5.91 Å². The Kier molecular flexibility index (Phi) is 5.64. The molecule has 2 aromatic carbocycles. The van der Waals surface area contributed by atoms with Gasteiger partial charge >= 0.3 is 0 Å². The fourth-order valence-electron chi connectivity index (χ4n) is 2.62. The highest BCUT2D eigenvalue weighted by molar-refractivity contribution is 6.32. The van der Waals surface area contributed by atoms with Crippen LogP contribution in [-0.2, 0) is 4.79 Å². The van der Waals surface area contributed by atoms with Crippen LogP contribution in [0, 0.1) is 5.82 Å². The second-order valence-corrected chi connectivity index (χ2v) is 6.67. The Morgan fingerprint density at radius 2 is 1.96 bits per heavy atom. The number of carbonyl (C=O) groups is 2.